The molecule has 106 valence electrons. The first-order valence-electron chi connectivity index (χ1n) is 6.99. The van der Waals surface area contributed by atoms with Crippen LogP contribution in [0.25, 0.3) is 0 Å². The molecule has 3 nitrogen and oxygen atoms in total. The van der Waals surface area contributed by atoms with E-state index in [1.165, 1.54) is 5.56 Å². The van der Waals surface area contributed by atoms with Crippen molar-refractivity contribution in [2.24, 2.45) is 0 Å². The molecule has 1 saturated heterocycles. The van der Waals surface area contributed by atoms with Gasteiger partial charge in [-0.1, -0.05) is 24.6 Å². The van der Waals surface area contributed by atoms with Crippen LogP contribution in [0.1, 0.15) is 31.9 Å². The van der Waals surface area contributed by atoms with Gasteiger partial charge < -0.3 is 15.0 Å². The van der Waals surface area contributed by atoms with Crippen molar-refractivity contribution in [2.75, 3.05) is 31.6 Å². The summed E-state index contributed by atoms with van der Waals surface area (Å²) >= 11 is 6.44. The minimum absolute atomic E-state index is 0.319. The fourth-order valence-corrected chi connectivity index (χ4v) is 2.71. The van der Waals surface area contributed by atoms with Crippen molar-refractivity contribution in [3.63, 3.8) is 0 Å². The predicted molar refractivity (Wildman–Crippen MR) is 81.2 cm³/mol. The third kappa shape index (κ3) is 3.41. The lowest BCUT2D eigenvalue weighted by Gasteiger charge is -2.34. The number of hydrogen-bond acceptors (Lipinski definition) is 3. The molecule has 2 atom stereocenters. The van der Waals surface area contributed by atoms with E-state index in [0.29, 0.717) is 12.1 Å². The van der Waals surface area contributed by atoms with E-state index in [0.717, 1.165) is 36.8 Å². The molecule has 0 aliphatic carbocycles. The molecule has 0 amide bonds. The Hall–Kier alpha value is -0.770. The standard InChI is InChI=1S/C15H23ClN2O/c1-4-13-10-18(7-8-19-13)15-6-5-12(9-14(15)16)11(2)17-3/h5-6,9,11,13,17H,4,7-8,10H2,1-3H3. The summed E-state index contributed by atoms with van der Waals surface area (Å²) in [5.74, 6) is 0. The van der Waals surface area contributed by atoms with Gasteiger partial charge in [-0.3, -0.25) is 0 Å². The van der Waals surface area contributed by atoms with Crippen LogP contribution in [0.2, 0.25) is 5.02 Å². The quantitative estimate of drug-likeness (QED) is 0.918. The summed E-state index contributed by atoms with van der Waals surface area (Å²) in [5, 5.41) is 4.06. The molecule has 1 fully saturated rings. The molecule has 0 radical (unpaired) electrons. The highest BCUT2D eigenvalue weighted by molar-refractivity contribution is 6.33. The minimum atomic E-state index is 0.319. The summed E-state index contributed by atoms with van der Waals surface area (Å²) in [4.78, 5) is 2.33. The Bertz CT molecular complexity index is 425. The number of nitrogens with one attached hydrogen (secondary N) is 1. The second-order valence-corrected chi connectivity index (χ2v) is 5.48. The van der Waals surface area contributed by atoms with Crippen molar-refractivity contribution in [3.8, 4) is 0 Å². The van der Waals surface area contributed by atoms with Crippen molar-refractivity contribution in [3.05, 3.63) is 28.8 Å². The van der Waals surface area contributed by atoms with Gasteiger partial charge in [-0.2, -0.15) is 0 Å². The molecule has 1 N–H and O–H groups in total. The summed E-state index contributed by atoms with van der Waals surface area (Å²) in [6.07, 6.45) is 1.36. The molecule has 19 heavy (non-hydrogen) atoms. The third-order valence-corrected chi connectivity index (χ3v) is 4.14. The Balaban J connectivity index is 2.16. The van der Waals surface area contributed by atoms with Crippen molar-refractivity contribution in [2.45, 2.75) is 32.4 Å². The van der Waals surface area contributed by atoms with Crippen LogP contribution in [0.15, 0.2) is 18.2 Å². The van der Waals surface area contributed by atoms with Gasteiger partial charge in [0.1, 0.15) is 0 Å². The Morgan fingerprint density at radius 3 is 2.95 bits per heavy atom. The molecule has 0 spiro atoms. The smallest absolute Gasteiger partial charge is 0.0748 e. The van der Waals surface area contributed by atoms with Gasteiger partial charge >= 0.3 is 0 Å². The van der Waals surface area contributed by atoms with Crippen LogP contribution in [0.4, 0.5) is 5.69 Å². The maximum absolute atomic E-state index is 6.44. The van der Waals surface area contributed by atoms with E-state index in [1.807, 2.05) is 7.05 Å². The molecule has 4 heteroatoms. The highest BCUT2D eigenvalue weighted by Crippen LogP contribution is 2.30. The second kappa shape index (κ2) is 6.60. The number of anilines is 1. The number of morpholine rings is 1. The number of hydrogen-bond donors (Lipinski definition) is 1. The summed E-state index contributed by atoms with van der Waals surface area (Å²) in [6.45, 7) is 6.92. The molecule has 1 aromatic carbocycles. The van der Waals surface area contributed by atoms with E-state index in [2.05, 4.69) is 42.3 Å². The fraction of sp³-hybridized carbons (Fsp3) is 0.600. The number of benzene rings is 1. The SMILES string of the molecule is CCC1CN(c2ccc(C(C)NC)cc2Cl)CCO1. The van der Waals surface area contributed by atoms with Crippen molar-refractivity contribution in [1.82, 2.24) is 5.32 Å². The minimum Gasteiger partial charge on any atom is -0.375 e. The zero-order valence-electron chi connectivity index (χ0n) is 11.9. The molecule has 0 bridgehead atoms. The molecule has 2 rings (SSSR count). The van der Waals surface area contributed by atoms with Crippen LogP contribution < -0.4 is 10.2 Å². The average molecular weight is 283 g/mol. The molecule has 1 heterocycles. The van der Waals surface area contributed by atoms with Crippen molar-refractivity contribution < 1.29 is 4.74 Å². The highest BCUT2D eigenvalue weighted by atomic mass is 35.5. The van der Waals surface area contributed by atoms with E-state index in [1.54, 1.807) is 0 Å². The zero-order chi connectivity index (χ0) is 13.8. The number of nitrogens with zero attached hydrogens (tertiary/aromatic N) is 1. The Kier molecular flexibility index (Phi) is 5.08. The first-order chi connectivity index (χ1) is 9.15. The monoisotopic (exact) mass is 282 g/mol. The van der Waals surface area contributed by atoms with Crippen molar-refractivity contribution in [1.29, 1.82) is 0 Å². The van der Waals surface area contributed by atoms with Crippen LogP contribution in [0, 0.1) is 0 Å². The normalized spacial score (nSPS) is 21.5. The number of halogens is 1. The van der Waals surface area contributed by atoms with Gasteiger partial charge in [-0.25, -0.2) is 0 Å². The van der Waals surface area contributed by atoms with Crippen LogP contribution in [0.3, 0.4) is 0 Å². The van der Waals surface area contributed by atoms with E-state index < -0.39 is 0 Å². The highest BCUT2D eigenvalue weighted by Gasteiger charge is 2.21. The molecule has 2 unspecified atom stereocenters. The molecular formula is C15H23ClN2O. The summed E-state index contributed by atoms with van der Waals surface area (Å²) < 4.78 is 5.70. The zero-order valence-corrected chi connectivity index (χ0v) is 12.7. The van der Waals surface area contributed by atoms with E-state index in [-0.39, 0.29) is 0 Å². The molecule has 0 saturated carbocycles. The second-order valence-electron chi connectivity index (χ2n) is 5.07. The summed E-state index contributed by atoms with van der Waals surface area (Å²) in [7, 11) is 1.96. The third-order valence-electron chi connectivity index (χ3n) is 3.84. The molecule has 0 aromatic heterocycles. The Morgan fingerprint density at radius 1 is 1.53 bits per heavy atom. The van der Waals surface area contributed by atoms with Gasteiger partial charge in [0.05, 0.1) is 23.4 Å². The summed E-state index contributed by atoms with van der Waals surface area (Å²) in [6, 6.07) is 6.66. The van der Waals surface area contributed by atoms with Gasteiger partial charge in [0, 0.05) is 19.1 Å². The van der Waals surface area contributed by atoms with E-state index >= 15 is 0 Å². The first kappa shape index (κ1) is 14.6. The first-order valence-corrected chi connectivity index (χ1v) is 7.36. The largest absolute Gasteiger partial charge is 0.375 e. The number of rotatable bonds is 4. The topological polar surface area (TPSA) is 24.5 Å². The van der Waals surface area contributed by atoms with Gasteiger partial charge in [-0.15, -0.1) is 0 Å². The van der Waals surface area contributed by atoms with Gasteiger partial charge in [0.25, 0.3) is 0 Å². The molecule has 1 aromatic rings. The number of ether oxygens (including phenoxy) is 1. The predicted octanol–water partition coefficient (Wildman–Crippen LogP) is 3.24. The van der Waals surface area contributed by atoms with Gasteiger partial charge in [0.15, 0.2) is 0 Å². The van der Waals surface area contributed by atoms with E-state index in [4.69, 9.17) is 16.3 Å². The fourth-order valence-electron chi connectivity index (χ4n) is 2.40. The van der Waals surface area contributed by atoms with Crippen LogP contribution in [0.5, 0.6) is 0 Å². The van der Waals surface area contributed by atoms with Gasteiger partial charge in [-0.05, 0) is 38.1 Å². The van der Waals surface area contributed by atoms with Crippen LogP contribution in [-0.4, -0.2) is 32.8 Å². The lowest BCUT2D eigenvalue weighted by atomic mass is 10.1. The lowest BCUT2D eigenvalue weighted by Crippen LogP contribution is -2.42. The van der Waals surface area contributed by atoms with Crippen molar-refractivity contribution >= 4 is 17.3 Å². The molecule has 1 aliphatic heterocycles. The average Bonchev–Trinajstić information content (AvgIpc) is 2.46. The Labute approximate surface area is 120 Å². The molecular weight excluding hydrogens is 260 g/mol. The van der Waals surface area contributed by atoms with E-state index in [9.17, 15) is 0 Å². The lowest BCUT2D eigenvalue weighted by molar-refractivity contribution is 0.0384. The molecule has 1 aliphatic rings. The maximum Gasteiger partial charge on any atom is 0.0748 e. The van der Waals surface area contributed by atoms with Crippen LogP contribution >= 0.6 is 11.6 Å². The van der Waals surface area contributed by atoms with Crippen LogP contribution in [-0.2, 0) is 4.74 Å². The summed E-state index contributed by atoms with van der Waals surface area (Å²) in [5.41, 5.74) is 2.34. The van der Waals surface area contributed by atoms with Gasteiger partial charge in [0.2, 0.25) is 0 Å². The maximum atomic E-state index is 6.44. The Morgan fingerprint density at radius 2 is 2.32 bits per heavy atom.